The summed E-state index contributed by atoms with van der Waals surface area (Å²) >= 11 is 0. The van der Waals surface area contributed by atoms with Crippen molar-refractivity contribution in [2.45, 2.75) is 69.2 Å². The van der Waals surface area contributed by atoms with Crippen molar-refractivity contribution in [1.29, 1.82) is 0 Å². The Balaban J connectivity index is 0.000000639. The third-order valence-corrected chi connectivity index (χ3v) is 11.5. The first kappa shape index (κ1) is 59.1. The number of hydrogen-bond acceptors (Lipinski definition) is 1. The number of rotatable bonds is 9. The maximum absolute atomic E-state index is 14.2. The number of Topliss-reactive ketones (excluding diaryl/α,β-unsaturated/α-hetero) is 1. The maximum Gasteiger partial charge on any atom is 0.416 e. The van der Waals surface area contributed by atoms with Gasteiger partial charge in [0.2, 0.25) is 5.78 Å². The number of ketones is 1. The first-order valence-corrected chi connectivity index (χ1v) is 22.1. The zero-order valence-corrected chi connectivity index (χ0v) is 37.1. The largest absolute Gasteiger partial charge is 0.416 e. The number of aryl methyl sites for hydroxylation is 1. The van der Waals surface area contributed by atoms with Gasteiger partial charge in [0.15, 0.2) is 5.75 Å². The minimum absolute atomic E-state index is 0.196. The first-order chi connectivity index (χ1) is 32.4. The third-order valence-electron chi connectivity index (χ3n) is 10.7. The predicted octanol–water partition coefficient (Wildman–Crippen LogP) is 13.9. The van der Waals surface area contributed by atoms with Crippen molar-refractivity contribution in [3.63, 3.8) is 0 Å². The summed E-state index contributed by atoms with van der Waals surface area (Å²) < 4.78 is 341. The molecule has 0 N–H and O–H groups in total. The molecule has 5 aromatic carbocycles. The van der Waals surface area contributed by atoms with Crippen LogP contribution in [-0.4, -0.2) is 30.2 Å². The molecule has 0 spiro atoms. The van der Waals surface area contributed by atoms with E-state index in [0.717, 1.165) is 18.4 Å². The van der Waals surface area contributed by atoms with E-state index in [1.807, 2.05) is 12.1 Å². The lowest BCUT2D eigenvalue weighted by Crippen LogP contribution is -2.75. The van der Waals surface area contributed by atoms with E-state index in [0.29, 0.717) is 5.75 Å². The van der Waals surface area contributed by atoms with E-state index in [4.69, 9.17) is 0 Å². The molecule has 5 aromatic rings. The monoisotopic (exact) mass is 1090 g/mol. The zero-order chi connectivity index (χ0) is 55.2. The zero-order valence-electron chi connectivity index (χ0n) is 36.3. The van der Waals surface area contributed by atoms with E-state index in [-0.39, 0.29) is 16.7 Å². The second-order valence-electron chi connectivity index (χ2n) is 16.2. The molecule has 0 aliphatic carbocycles. The van der Waals surface area contributed by atoms with Gasteiger partial charge in [0.1, 0.15) is 6.15 Å². The number of carbonyl (C=O) groups excluding carboxylic acids is 1. The Bertz CT molecular complexity index is 2280. The lowest BCUT2D eigenvalue weighted by molar-refractivity contribution is -0.144. The molecule has 0 heterocycles. The van der Waals surface area contributed by atoms with E-state index in [2.05, 4.69) is 31.6 Å². The molecule has 0 bridgehead atoms. The highest BCUT2D eigenvalue weighted by Gasteiger charge is 2.47. The van der Waals surface area contributed by atoms with Gasteiger partial charge in [-0.3, -0.25) is 4.79 Å². The molecular formula is C45H31BF24OS. The molecule has 0 saturated carbocycles. The fraction of sp³-hybridized carbons (Fsp3) is 0.311. The van der Waals surface area contributed by atoms with E-state index in [1.165, 1.54) is 5.56 Å². The van der Waals surface area contributed by atoms with Gasteiger partial charge < -0.3 is 0 Å². The average Bonchev–Trinajstić information content (AvgIpc) is 3.21. The van der Waals surface area contributed by atoms with Crippen molar-refractivity contribution in [1.82, 2.24) is 0 Å². The average molecular weight is 1090 g/mol. The SMILES string of the molecule is CCCc1ccc(C(=O)C[S+](C)C)cc1.FC(F)(F)c1cc([B-](c2cc(C(F)(F)F)cc(C(F)(F)F)c2)(c2cc(C(F)(F)F)cc(C(F)(F)F)c2)c2cc(C(F)(F)F)cc(C(F)(F)F)c2)cc(C(F)(F)F)c1. The van der Waals surface area contributed by atoms with E-state index in [9.17, 15) is 110 Å². The van der Waals surface area contributed by atoms with Gasteiger partial charge in [-0.05, 0) is 47.1 Å². The summed E-state index contributed by atoms with van der Waals surface area (Å²) in [6.45, 7) is 2.17. The smallest absolute Gasteiger partial charge is 0.289 e. The molecule has 0 aliphatic rings. The lowest BCUT2D eigenvalue weighted by atomic mass is 9.12. The second kappa shape index (κ2) is 20.4. The molecule has 0 amide bonds. The molecule has 0 aliphatic heterocycles. The van der Waals surface area contributed by atoms with Gasteiger partial charge in [-0.1, -0.05) is 86.1 Å². The van der Waals surface area contributed by atoms with Gasteiger partial charge in [-0.2, -0.15) is 127 Å². The van der Waals surface area contributed by atoms with Crippen molar-refractivity contribution in [2.24, 2.45) is 0 Å². The molecule has 1 nitrogen and oxygen atoms in total. The van der Waals surface area contributed by atoms with Gasteiger partial charge in [0.25, 0.3) is 0 Å². The van der Waals surface area contributed by atoms with Crippen molar-refractivity contribution < 1.29 is 110 Å². The topological polar surface area (TPSA) is 17.1 Å². The van der Waals surface area contributed by atoms with Crippen molar-refractivity contribution in [2.75, 3.05) is 18.3 Å². The maximum atomic E-state index is 14.2. The number of benzene rings is 5. The Labute approximate surface area is 394 Å². The third kappa shape index (κ3) is 14.2. The van der Waals surface area contributed by atoms with Crippen LogP contribution in [0, 0.1) is 0 Å². The standard InChI is InChI=1S/C32H12BF24.C13H19OS/c34-25(35,36)13-1-14(26(37,38)39)6-21(5-13)33(22-7-15(27(40,41)42)2-16(8-22)28(43,44)45,23-9-17(29(46,47)48)3-18(10-23)30(49,50)51)24-11-19(31(52,53)54)4-20(12-24)32(55,56)57;1-4-5-11-6-8-12(9-7-11)13(14)10-15(2)3/h1-12H;6-9H,4-5,10H2,1-3H3/q-1;+1. The number of alkyl halides is 24. The predicted molar refractivity (Wildman–Crippen MR) is 219 cm³/mol. The van der Waals surface area contributed by atoms with Crippen LogP contribution >= 0.6 is 0 Å². The molecular weight excluding hydrogens is 1060 g/mol. The molecule has 0 radical (unpaired) electrons. The van der Waals surface area contributed by atoms with Gasteiger partial charge in [-0.15, -0.1) is 0 Å². The van der Waals surface area contributed by atoms with Gasteiger partial charge in [0.05, 0.1) is 57.0 Å². The van der Waals surface area contributed by atoms with Gasteiger partial charge in [0, 0.05) is 5.56 Å². The summed E-state index contributed by atoms with van der Waals surface area (Å²) in [6, 6.07) is -0.754. The van der Waals surface area contributed by atoms with Crippen LogP contribution in [0.1, 0.15) is 73.8 Å². The molecule has 0 unspecified atom stereocenters. The minimum atomic E-state index is -6.13. The Morgan fingerprint density at radius 1 is 0.375 bits per heavy atom. The molecule has 394 valence electrons. The molecule has 0 atom stereocenters. The highest BCUT2D eigenvalue weighted by atomic mass is 32.2. The number of halogens is 24. The summed E-state index contributed by atoms with van der Waals surface area (Å²) in [5.74, 6) is 0.944. The van der Waals surface area contributed by atoms with Crippen LogP contribution in [0.3, 0.4) is 0 Å². The highest BCUT2D eigenvalue weighted by molar-refractivity contribution is 7.96. The minimum Gasteiger partial charge on any atom is -0.289 e. The van der Waals surface area contributed by atoms with Crippen LogP contribution in [0.25, 0.3) is 0 Å². The first-order valence-electron chi connectivity index (χ1n) is 19.9. The van der Waals surface area contributed by atoms with Crippen LogP contribution in [0.15, 0.2) is 97.1 Å². The summed E-state index contributed by atoms with van der Waals surface area (Å²) in [7, 11) is 0.196. The molecule has 0 saturated heterocycles. The van der Waals surface area contributed by atoms with Crippen molar-refractivity contribution in [3.8, 4) is 0 Å². The summed E-state index contributed by atoms with van der Waals surface area (Å²) in [6.07, 6.45) is -48.4. The van der Waals surface area contributed by atoms with Crippen LogP contribution in [0.5, 0.6) is 0 Å². The molecule has 27 heteroatoms. The Kier molecular flexibility index (Phi) is 16.8. The van der Waals surface area contributed by atoms with Crippen LogP contribution in [0.2, 0.25) is 0 Å². The molecule has 72 heavy (non-hydrogen) atoms. The second-order valence-corrected chi connectivity index (χ2v) is 18.5. The number of carbonyl (C=O) groups is 1. The fourth-order valence-corrected chi connectivity index (χ4v) is 8.25. The van der Waals surface area contributed by atoms with Crippen LogP contribution in [-0.2, 0) is 66.7 Å². The van der Waals surface area contributed by atoms with Crippen molar-refractivity contribution in [3.05, 3.63) is 153 Å². The van der Waals surface area contributed by atoms with E-state index < -0.39 is 195 Å². The Morgan fingerprint density at radius 3 is 0.750 bits per heavy atom. The summed E-state index contributed by atoms with van der Waals surface area (Å²) in [5, 5.41) is 0. The van der Waals surface area contributed by atoms with E-state index >= 15 is 0 Å². The Morgan fingerprint density at radius 2 is 0.583 bits per heavy atom. The normalized spacial score (nSPS) is 13.6. The van der Waals surface area contributed by atoms with Crippen LogP contribution in [0.4, 0.5) is 105 Å². The fourth-order valence-electron chi connectivity index (χ4n) is 7.56. The molecule has 0 aromatic heterocycles. The van der Waals surface area contributed by atoms with Gasteiger partial charge in [-0.25, -0.2) is 0 Å². The molecule has 0 fully saturated rings. The van der Waals surface area contributed by atoms with Gasteiger partial charge >= 0.3 is 49.4 Å². The summed E-state index contributed by atoms with van der Waals surface area (Å²) in [5.41, 5.74) is -28.0. The quantitative estimate of drug-likeness (QED) is 0.0622. The Hall–Kier alpha value is -5.50. The summed E-state index contributed by atoms with van der Waals surface area (Å²) in [4.78, 5) is 11.7. The molecule has 5 rings (SSSR count). The van der Waals surface area contributed by atoms with Crippen molar-refractivity contribution >= 4 is 44.7 Å². The van der Waals surface area contributed by atoms with Crippen LogP contribution < -0.4 is 21.9 Å². The lowest BCUT2D eigenvalue weighted by Gasteiger charge is -2.46. The number of hydrogen-bond donors (Lipinski definition) is 0. The van der Waals surface area contributed by atoms with E-state index in [1.54, 1.807) is 0 Å². The highest BCUT2D eigenvalue weighted by Crippen LogP contribution is 2.41.